The predicted molar refractivity (Wildman–Crippen MR) is 90.1 cm³/mol. The maximum Gasteiger partial charge on any atom is 0.0283 e. The minimum absolute atomic E-state index is 0.708. The molecule has 1 rings (SSSR count). The molecule has 0 spiro atoms. The Balaban J connectivity index is 2.14. The first-order chi connectivity index (χ1) is 9.27. The summed E-state index contributed by atoms with van der Waals surface area (Å²) in [7, 11) is 0. The number of alkyl halides is 1. The molecule has 0 aromatic heterocycles. The van der Waals surface area contributed by atoms with E-state index in [1.807, 2.05) is 0 Å². The Kier molecular flexibility index (Phi) is 9.24. The quantitative estimate of drug-likeness (QED) is 0.327. The zero-order chi connectivity index (χ0) is 13.9. The van der Waals surface area contributed by atoms with Gasteiger partial charge >= 0.3 is 0 Å². The molecular formula is C18H29Br. The number of benzene rings is 1. The summed E-state index contributed by atoms with van der Waals surface area (Å²) in [4.78, 5) is 0. The first-order valence-corrected chi connectivity index (χ1v) is 9.05. The minimum Gasteiger partial charge on any atom is -0.0876 e. The predicted octanol–water partition coefficient (Wildman–Crippen LogP) is 6.83. The van der Waals surface area contributed by atoms with E-state index in [9.17, 15) is 0 Å². The maximum atomic E-state index is 3.50. The molecule has 1 aromatic rings. The lowest BCUT2D eigenvalue weighted by Crippen LogP contribution is -1.94. The third-order valence-electron chi connectivity index (χ3n) is 3.94. The van der Waals surface area contributed by atoms with Gasteiger partial charge in [-0.2, -0.15) is 0 Å². The summed E-state index contributed by atoms with van der Waals surface area (Å²) in [5.74, 6) is 0.708. The fourth-order valence-electron chi connectivity index (χ4n) is 2.51. The summed E-state index contributed by atoms with van der Waals surface area (Å²) in [6.45, 7) is 4.64. The average Bonchev–Trinajstić information content (AvgIpc) is 2.46. The summed E-state index contributed by atoms with van der Waals surface area (Å²) in [5, 5.41) is 0.958. The lowest BCUT2D eigenvalue weighted by molar-refractivity contribution is 0.549. The van der Waals surface area contributed by atoms with Crippen molar-refractivity contribution in [1.29, 1.82) is 0 Å². The van der Waals surface area contributed by atoms with Gasteiger partial charge in [0.2, 0.25) is 0 Å². The van der Waals surface area contributed by atoms with Gasteiger partial charge in [0.15, 0.2) is 0 Å². The fraction of sp³-hybridized carbons (Fsp3) is 0.667. The highest BCUT2D eigenvalue weighted by molar-refractivity contribution is 9.08. The van der Waals surface area contributed by atoms with E-state index in [-0.39, 0.29) is 0 Å². The van der Waals surface area contributed by atoms with Crippen LogP contribution in [0.4, 0.5) is 0 Å². The molecule has 0 bridgehead atoms. The van der Waals surface area contributed by atoms with Gasteiger partial charge in [-0.25, -0.2) is 0 Å². The second-order valence-corrected chi connectivity index (χ2v) is 6.25. The first kappa shape index (κ1) is 16.8. The molecule has 19 heavy (non-hydrogen) atoms. The van der Waals surface area contributed by atoms with E-state index in [0.717, 1.165) is 5.33 Å². The highest BCUT2D eigenvalue weighted by Gasteiger charge is 2.05. The summed E-state index contributed by atoms with van der Waals surface area (Å²) in [6, 6.07) is 9.07. The molecule has 0 heterocycles. The molecule has 0 aliphatic rings. The average molecular weight is 325 g/mol. The molecule has 0 amide bonds. The van der Waals surface area contributed by atoms with Crippen molar-refractivity contribution in [2.45, 2.75) is 76.5 Å². The van der Waals surface area contributed by atoms with Crippen LogP contribution < -0.4 is 0 Å². The van der Waals surface area contributed by atoms with Crippen LogP contribution in [-0.4, -0.2) is 0 Å². The maximum absolute atomic E-state index is 3.50. The van der Waals surface area contributed by atoms with Crippen molar-refractivity contribution in [3.05, 3.63) is 35.4 Å². The number of halogens is 1. The molecule has 0 saturated carbocycles. The number of unbranched alkanes of at least 4 members (excludes halogenated alkanes) is 6. The monoisotopic (exact) mass is 324 g/mol. The van der Waals surface area contributed by atoms with E-state index in [0.29, 0.717) is 5.92 Å². The molecule has 108 valence electrons. The Morgan fingerprint density at radius 3 is 2.05 bits per heavy atom. The normalized spacial score (nSPS) is 12.6. The van der Waals surface area contributed by atoms with E-state index in [1.54, 1.807) is 0 Å². The molecule has 1 heteroatoms. The Morgan fingerprint density at radius 2 is 1.47 bits per heavy atom. The van der Waals surface area contributed by atoms with Crippen LogP contribution in [0.15, 0.2) is 24.3 Å². The number of rotatable bonds is 10. The first-order valence-electron chi connectivity index (χ1n) is 7.92. The van der Waals surface area contributed by atoms with Crippen LogP contribution in [0.3, 0.4) is 0 Å². The zero-order valence-electron chi connectivity index (χ0n) is 12.6. The zero-order valence-corrected chi connectivity index (χ0v) is 14.2. The highest BCUT2D eigenvalue weighted by Crippen LogP contribution is 2.23. The molecule has 0 saturated heterocycles. The summed E-state index contributed by atoms with van der Waals surface area (Å²) in [5.41, 5.74) is 2.86. The third kappa shape index (κ3) is 7.15. The molecule has 0 aliphatic carbocycles. The highest BCUT2D eigenvalue weighted by atomic mass is 79.9. The van der Waals surface area contributed by atoms with Gasteiger partial charge in [0, 0.05) is 5.33 Å². The number of hydrogen-bond donors (Lipinski definition) is 0. The van der Waals surface area contributed by atoms with E-state index in [1.165, 1.54) is 62.5 Å². The third-order valence-corrected chi connectivity index (χ3v) is 4.59. The SMILES string of the molecule is CCCCCCCCCC(C)c1ccc(CBr)cc1. The van der Waals surface area contributed by atoms with Crippen molar-refractivity contribution in [2.24, 2.45) is 0 Å². The van der Waals surface area contributed by atoms with E-state index >= 15 is 0 Å². The lowest BCUT2D eigenvalue weighted by Gasteiger charge is -2.12. The van der Waals surface area contributed by atoms with Crippen LogP contribution in [0.5, 0.6) is 0 Å². The Hall–Kier alpha value is -0.300. The molecule has 0 fully saturated rings. The Labute approximate surface area is 128 Å². The van der Waals surface area contributed by atoms with Crippen molar-refractivity contribution in [1.82, 2.24) is 0 Å². The van der Waals surface area contributed by atoms with Gasteiger partial charge < -0.3 is 0 Å². The van der Waals surface area contributed by atoms with Crippen LogP contribution in [0, 0.1) is 0 Å². The van der Waals surface area contributed by atoms with Crippen molar-refractivity contribution in [3.63, 3.8) is 0 Å². The standard InChI is InChI=1S/C18H29Br/c1-3-4-5-6-7-8-9-10-16(2)18-13-11-17(15-19)12-14-18/h11-14,16H,3-10,15H2,1-2H3. The molecule has 1 aromatic carbocycles. The van der Waals surface area contributed by atoms with Crippen LogP contribution in [0.1, 0.15) is 82.3 Å². The summed E-state index contributed by atoms with van der Waals surface area (Å²) >= 11 is 3.50. The van der Waals surface area contributed by atoms with Gasteiger partial charge in [-0.1, -0.05) is 99.0 Å². The largest absolute Gasteiger partial charge is 0.0876 e. The van der Waals surface area contributed by atoms with Gasteiger partial charge in [-0.3, -0.25) is 0 Å². The van der Waals surface area contributed by atoms with E-state index in [4.69, 9.17) is 0 Å². The summed E-state index contributed by atoms with van der Waals surface area (Å²) < 4.78 is 0. The van der Waals surface area contributed by atoms with Crippen molar-refractivity contribution in [3.8, 4) is 0 Å². The smallest absolute Gasteiger partial charge is 0.0283 e. The van der Waals surface area contributed by atoms with E-state index < -0.39 is 0 Å². The summed E-state index contributed by atoms with van der Waals surface area (Å²) in [6.07, 6.45) is 11.2. The van der Waals surface area contributed by atoms with Crippen LogP contribution in [0.2, 0.25) is 0 Å². The topological polar surface area (TPSA) is 0 Å². The second-order valence-electron chi connectivity index (χ2n) is 5.69. The number of hydrogen-bond acceptors (Lipinski definition) is 0. The lowest BCUT2D eigenvalue weighted by atomic mass is 9.94. The van der Waals surface area contributed by atoms with Gasteiger partial charge in [0.1, 0.15) is 0 Å². The van der Waals surface area contributed by atoms with Gasteiger partial charge in [-0.15, -0.1) is 0 Å². The van der Waals surface area contributed by atoms with Gasteiger partial charge in [0.25, 0.3) is 0 Å². The van der Waals surface area contributed by atoms with Crippen LogP contribution in [-0.2, 0) is 5.33 Å². The van der Waals surface area contributed by atoms with Crippen molar-refractivity contribution < 1.29 is 0 Å². The molecule has 1 unspecified atom stereocenters. The Bertz CT molecular complexity index is 315. The van der Waals surface area contributed by atoms with E-state index in [2.05, 4.69) is 54.0 Å². The Morgan fingerprint density at radius 1 is 0.895 bits per heavy atom. The van der Waals surface area contributed by atoms with Gasteiger partial charge in [0.05, 0.1) is 0 Å². The second kappa shape index (κ2) is 10.5. The van der Waals surface area contributed by atoms with Crippen LogP contribution >= 0.6 is 15.9 Å². The fourth-order valence-corrected chi connectivity index (χ4v) is 2.88. The molecule has 0 aliphatic heterocycles. The molecule has 1 atom stereocenters. The van der Waals surface area contributed by atoms with Gasteiger partial charge in [-0.05, 0) is 23.5 Å². The van der Waals surface area contributed by atoms with Crippen molar-refractivity contribution >= 4 is 15.9 Å². The molecule has 0 N–H and O–H groups in total. The molecule has 0 radical (unpaired) electrons. The molecule has 0 nitrogen and oxygen atoms in total. The minimum atomic E-state index is 0.708. The van der Waals surface area contributed by atoms with Crippen molar-refractivity contribution in [2.75, 3.05) is 0 Å². The van der Waals surface area contributed by atoms with Crippen LogP contribution in [0.25, 0.3) is 0 Å². The molecular weight excluding hydrogens is 296 g/mol.